The minimum atomic E-state index is 0.274. The smallest absolute Gasteiger partial charge is 0.137 e. The van der Waals surface area contributed by atoms with Gasteiger partial charge in [0.25, 0.3) is 0 Å². The highest BCUT2D eigenvalue weighted by molar-refractivity contribution is 5.89. The first-order valence-corrected chi connectivity index (χ1v) is 6.93. The molecule has 4 nitrogen and oxygen atoms in total. The van der Waals surface area contributed by atoms with Crippen molar-refractivity contribution in [1.29, 1.82) is 0 Å². The number of hydrogen-bond donors (Lipinski definition) is 2. The molecule has 0 aliphatic heterocycles. The monoisotopic (exact) mass is 259 g/mol. The van der Waals surface area contributed by atoms with Crippen molar-refractivity contribution in [2.75, 3.05) is 18.5 Å². The third kappa shape index (κ3) is 3.64. The second kappa shape index (κ2) is 7.04. The molecule has 0 spiro atoms. The first-order valence-electron chi connectivity index (χ1n) is 6.93. The molecular formula is C15H21N3O. The van der Waals surface area contributed by atoms with E-state index in [2.05, 4.69) is 34.3 Å². The summed E-state index contributed by atoms with van der Waals surface area (Å²) in [5, 5.41) is 13.2. The van der Waals surface area contributed by atoms with Gasteiger partial charge in [-0.05, 0) is 43.4 Å². The highest BCUT2D eigenvalue weighted by atomic mass is 16.2. The molecule has 1 aromatic carbocycles. The Labute approximate surface area is 113 Å². The third-order valence-corrected chi connectivity index (χ3v) is 3.24. The average molecular weight is 259 g/mol. The van der Waals surface area contributed by atoms with E-state index >= 15 is 0 Å². The van der Waals surface area contributed by atoms with Crippen molar-refractivity contribution in [3.63, 3.8) is 0 Å². The van der Waals surface area contributed by atoms with Gasteiger partial charge in [0.1, 0.15) is 12.1 Å². The van der Waals surface area contributed by atoms with Crippen molar-refractivity contribution < 1.29 is 5.11 Å². The third-order valence-electron chi connectivity index (χ3n) is 3.24. The molecule has 0 fully saturated rings. The molecule has 0 atom stereocenters. The number of rotatable bonds is 7. The number of nitrogens with zero attached hydrogens (tertiary/aromatic N) is 2. The summed E-state index contributed by atoms with van der Waals surface area (Å²) in [5.74, 6) is 0.907. The van der Waals surface area contributed by atoms with Crippen LogP contribution < -0.4 is 5.32 Å². The van der Waals surface area contributed by atoms with Gasteiger partial charge in [0, 0.05) is 18.5 Å². The van der Waals surface area contributed by atoms with Crippen molar-refractivity contribution in [3.05, 3.63) is 30.1 Å². The summed E-state index contributed by atoms with van der Waals surface area (Å²) in [5.41, 5.74) is 2.27. The van der Waals surface area contributed by atoms with Gasteiger partial charge in [0.15, 0.2) is 0 Å². The number of benzene rings is 1. The largest absolute Gasteiger partial charge is 0.396 e. The lowest BCUT2D eigenvalue weighted by molar-refractivity contribution is 0.283. The van der Waals surface area contributed by atoms with Crippen LogP contribution in [-0.4, -0.2) is 28.2 Å². The van der Waals surface area contributed by atoms with Crippen LogP contribution in [0.25, 0.3) is 10.9 Å². The maximum atomic E-state index is 8.74. The van der Waals surface area contributed by atoms with Crippen LogP contribution in [0.4, 0.5) is 5.82 Å². The molecule has 19 heavy (non-hydrogen) atoms. The molecule has 2 aromatic rings. The van der Waals surface area contributed by atoms with Gasteiger partial charge in [-0.25, -0.2) is 9.97 Å². The van der Waals surface area contributed by atoms with Crippen molar-refractivity contribution in [3.8, 4) is 0 Å². The molecular weight excluding hydrogens is 238 g/mol. The number of nitrogens with one attached hydrogen (secondary N) is 1. The number of aliphatic hydroxyl groups is 1. The molecule has 1 aromatic heterocycles. The van der Waals surface area contributed by atoms with Crippen LogP contribution in [0.15, 0.2) is 24.5 Å². The van der Waals surface area contributed by atoms with Crippen molar-refractivity contribution in [2.45, 2.75) is 32.6 Å². The fourth-order valence-electron chi connectivity index (χ4n) is 2.08. The second-order valence-corrected chi connectivity index (χ2v) is 4.64. The van der Waals surface area contributed by atoms with Gasteiger partial charge >= 0.3 is 0 Å². The lowest BCUT2D eigenvalue weighted by Crippen LogP contribution is -2.04. The molecule has 0 aliphatic rings. The van der Waals surface area contributed by atoms with Gasteiger partial charge in [0.2, 0.25) is 0 Å². The fraction of sp³-hybridized carbons (Fsp3) is 0.467. The average Bonchev–Trinajstić information content (AvgIpc) is 2.46. The Morgan fingerprint density at radius 1 is 1.16 bits per heavy atom. The van der Waals surface area contributed by atoms with E-state index in [0.717, 1.165) is 48.9 Å². The van der Waals surface area contributed by atoms with Crippen LogP contribution in [0.1, 0.15) is 31.7 Å². The molecule has 4 heteroatoms. The van der Waals surface area contributed by atoms with Gasteiger partial charge < -0.3 is 10.4 Å². The Bertz CT molecular complexity index is 528. The van der Waals surface area contributed by atoms with E-state index in [9.17, 15) is 0 Å². The predicted octanol–water partition coefficient (Wildman–Crippen LogP) is 2.77. The number of aliphatic hydroxyl groups excluding tert-OH is 1. The first-order chi connectivity index (χ1) is 9.35. The molecule has 0 radical (unpaired) electrons. The van der Waals surface area contributed by atoms with Gasteiger partial charge in [-0.15, -0.1) is 0 Å². The number of anilines is 1. The quantitative estimate of drug-likeness (QED) is 0.751. The number of fused-ring (bicyclic) bond motifs is 1. The normalized spacial score (nSPS) is 10.8. The summed E-state index contributed by atoms with van der Waals surface area (Å²) < 4.78 is 0. The van der Waals surface area contributed by atoms with Crippen molar-refractivity contribution >= 4 is 16.7 Å². The maximum absolute atomic E-state index is 8.74. The van der Waals surface area contributed by atoms with E-state index in [1.54, 1.807) is 6.33 Å². The Hall–Kier alpha value is -1.68. The Morgan fingerprint density at radius 3 is 2.84 bits per heavy atom. The zero-order valence-electron chi connectivity index (χ0n) is 11.4. The Kier molecular flexibility index (Phi) is 5.10. The van der Waals surface area contributed by atoms with Crippen molar-refractivity contribution in [1.82, 2.24) is 9.97 Å². The second-order valence-electron chi connectivity index (χ2n) is 4.64. The van der Waals surface area contributed by atoms with Gasteiger partial charge in [0.05, 0.1) is 5.52 Å². The Morgan fingerprint density at radius 2 is 2.05 bits per heavy atom. The fourth-order valence-corrected chi connectivity index (χ4v) is 2.08. The highest BCUT2D eigenvalue weighted by Crippen LogP contribution is 2.20. The van der Waals surface area contributed by atoms with Gasteiger partial charge in [-0.1, -0.05) is 13.0 Å². The molecule has 0 saturated heterocycles. The summed E-state index contributed by atoms with van der Waals surface area (Å²) in [6, 6.07) is 6.32. The number of aromatic nitrogens is 2. The number of hydrogen-bond acceptors (Lipinski definition) is 4. The molecule has 2 rings (SSSR count). The molecule has 0 unspecified atom stereocenters. The standard InChI is InChI=1S/C15H21N3O/c1-2-12-6-7-14-13(10-12)15(18-11-17-14)16-8-4-3-5-9-19/h6-7,10-11,19H,2-5,8-9H2,1H3,(H,16,17,18). The van der Waals surface area contributed by atoms with Crippen LogP contribution in [0.5, 0.6) is 0 Å². The maximum Gasteiger partial charge on any atom is 0.137 e. The lowest BCUT2D eigenvalue weighted by Gasteiger charge is -2.09. The zero-order valence-corrected chi connectivity index (χ0v) is 11.4. The molecule has 1 heterocycles. The van der Waals surface area contributed by atoms with Crippen LogP contribution in [-0.2, 0) is 6.42 Å². The highest BCUT2D eigenvalue weighted by Gasteiger charge is 2.03. The molecule has 0 bridgehead atoms. The van der Waals surface area contributed by atoms with Crippen LogP contribution in [0.2, 0.25) is 0 Å². The van der Waals surface area contributed by atoms with E-state index in [1.165, 1.54) is 5.56 Å². The van der Waals surface area contributed by atoms with Crippen LogP contribution in [0.3, 0.4) is 0 Å². The summed E-state index contributed by atoms with van der Waals surface area (Å²) in [6.45, 7) is 3.30. The summed E-state index contributed by atoms with van der Waals surface area (Å²) in [7, 11) is 0. The van der Waals surface area contributed by atoms with Gasteiger partial charge in [-0.2, -0.15) is 0 Å². The van der Waals surface area contributed by atoms with Crippen LogP contribution >= 0.6 is 0 Å². The topological polar surface area (TPSA) is 58.0 Å². The van der Waals surface area contributed by atoms with Crippen molar-refractivity contribution in [2.24, 2.45) is 0 Å². The Balaban J connectivity index is 2.08. The van der Waals surface area contributed by atoms with E-state index in [4.69, 9.17) is 5.11 Å². The minimum absolute atomic E-state index is 0.274. The predicted molar refractivity (Wildman–Crippen MR) is 78.3 cm³/mol. The molecule has 0 saturated carbocycles. The number of aryl methyl sites for hydroxylation is 1. The first kappa shape index (κ1) is 13.7. The minimum Gasteiger partial charge on any atom is -0.396 e. The zero-order chi connectivity index (χ0) is 13.5. The summed E-state index contributed by atoms with van der Waals surface area (Å²) >= 11 is 0. The molecule has 0 amide bonds. The molecule has 102 valence electrons. The van der Waals surface area contributed by atoms with Gasteiger partial charge in [-0.3, -0.25) is 0 Å². The van der Waals surface area contributed by atoms with E-state index in [0.29, 0.717) is 0 Å². The SMILES string of the molecule is CCc1ccc2ncnc(NCCCCCO)c2c1. The molecule has 0 aliphatic carbocycles. The molecule has 2 N–H and O–H groups in total. The van der Waals surface area contributed by atoms with Crippen LogP contribution in [0, 0.1) is 0 Å². The lowest BCUT2D eigenvalue weighted by atomic mass is 10.1. The van der Waals surface area contributed by atoms with E-state index in [-0.39, 0.29) is 6.61 Å². The van der Waals surface area contributed by atoms with E-state index in [1.807, 2.05) is 6.07 Å². The number of unbranched alkanes of at least 4 members (excludes halogenated alkanes) is 2. The van der Waals surface area contributed by atoms with E-state index < -0.39 is 0 Å². The summed E-state index contributed by atoms with van der Waals surface area (Å²) in [6.07, 6.45) is 5.56. The summed E-state index contributed by atoms with van der Waals surface area (Å²) in [4.78, 5) is 8.62.